The monoisotopic (exact) mass is 215 g/mol. The molecule has 1 N–H and O–H groups in total. The van der Waals surface area contributed by atoms with Crippen LogP contribution in [-0.4, -0.2) is 13.1 Å². The Bertz CT molecular complexity index is 494. The van der Waals surface area contributed by atoms with Gasteiger partial charge in [-0.25, -0.2) is 0 Å². The molecule has 16 heavy (non-hydrogen) atoms. The number of para-hydroxylation sites is 1. The van der Waals surface area contributed by atoms with E-state index in [9.17, 15) is 0 Å². The van der Waals surface area contributed by atoms with Gasteiger partial charge in [-0.1, -0.05) is 18.2 Å². The molecule has 1 atom stereocenters. The molecule has 0 radical (unpaired) electrons. The summed E-state index contributed by atoms with van der Waals surface area (Å²) in [4.78, 5) is 0. The highest BCUT2D eigenvalue weighted by Gasteiger charge is 2.17. The number of hydrogen-bond acceptors (Lipinski definition) is 2. The molecule has 1 aliphatic rings. The molecule has 0 spiro atoms. The number of benzene rings is 1. The second-order valence-electron chi connectivity index (χ2n) is 4.78. The lowest BCUT2D eigenvalue weighted by Crippen LogP contribution is -2.10. The third kappa shape index (κ3) is 1.63. The Morgan fingerprint density at radius 3 is 3.19 bits per heavy atom. The highest BCUT2D eigenvalue weighted by atomic mass is 16.3. The van der Waals surface area contributed by atoms with E-state index >= 15 is 0 Å². The van der Waals surface area contributed by atoms with Crippen LogP contribution in [0.5, 0.6) is 0 Å². The van der Waals surface area contributed by atoms with E-state index in [1.807, 2.05) is 6.26 Å². The van der Waals surface area contributed by atoms with Crippen LogP contribution in [0.15, 0.2) is 28.9 Å². The van der Waals surface area contributed by atoms with Crippen LogP contribution < -0.4 is 5.32 Å². The van der Waals surface area contributed by atoms with Crippen molar-refractivity contribution in [3.8, 4) is 0 Å². The quantitative estimate of drug-likeness (QED) is 0.833. The van der Waals surface area contributed by atoms with Crippen molar-refractivity contribution >= 4 is 11.0 Å². The minimum atomic E-state index is 0.774. The van der Waals surface area contributed by atoms with E-state index in [1.54, 1.807) is 0 Å². The summed E-state index contributed by atoms with van der Waals surface area (Å²) < 4.78 is 5.67. The molecular weight excluding hydrogens is 198 g/mol. The molecular formula is C14H17NO. The molecule has 1 saturated heterocycles. The normalized spacial score (nSPS) is 20.7. The van der Waals surface area contributed by atoms with Crippen molar-refractivity contribution in [2.24, 2.45) is 5.92 Å². The van der Waals surface area contributed by atoms with Gasteiger partial charge in [0.05, 0.1) is 6.26 Å². The fourth-order valence-corrected chi connectivity index (χ4v) is 2.61. The maximum atomic E-state index is 5.67. The van der Waals surface area contributed by atoms with Gasteiger partial charge in [0.1, 0.15) is 5.58 Å². The number of rotatable bonds is 2. The predicted molar refractivity (Wildman–Crippen MR) is 65.6 cm³/mol. The van der Waals surface area contributed by atoms with Crippen LogP contribution in [0.2, 0.25) is 0 Å². The minimum Gasteiger partial charge on any atom is -0.464 e. The van der Waals surface area contributed by atoms with Crippen LogP contribution in [-0.2, 0) is 6.42 Å². The van der Waals surface area contributed by atoms with Crippen molar-refractivity contribution in [1.29, 1.82) is 0 Å². The molecule has 0 saturated carbocycles. The van der Waals surface area contributed by atoms with E-state index in [-0.39, 0.29) is 0 Å². The van der Waals surface area contributed by atoms with Gasteiger partial charge in [-0.15, -0.1) is 0 Å². The lowest BCUT2D eigenvalue weighted by Gasteiger charge is -2.08. The van der Waals surface area contributed by atoms with Crippen LogP contribution >= 0.6 is 0 Å². The highest BCUT2D eigenvalue weighted by molar-refractivity contribution is 5.83. The third-order valence-corrected chi connectivity index (χ3v) is 3.55. The van der Waals surface area contributed by atoms with Gasteiger partial charge in [0.2, 0.25) is 0 Å². The van der Waals surface area contributed by atoms with Gasteiger partial charge in [-0.3, -0.25) is 0 Å². The van der Waals surface area contributed by atoms with Gasteiger partial charge < -0.3 is 9.73 Å². The lowest BCUT2D eigenvalue weighted by molar-refractivity contribution is 0.564. The first-order valence-electron chi connectivity index (χ1n) is 6.01. The van der Waals surface area contributed by atoms with Gasteiger partial charge in [0.15, 0.2) is 0 Å². The molecule has 1 unspecified atom stereocenters. The average molecular weight is 215 g/mol. The molecule has 2 nitrogen and oxygen atoms in total. The number of fused-ring (bicyclic) bond motifs is 1. The fourth-order valence-electron chi connectivity index (χ4n) is 2.61. The zero-order chi connectivity index (χ0) is 11.0. The maximum absolute atomic E-state index is 5.67. The summed E-state index contributed by atoms with van der Waals surface area (Å²) >= 11 is 0. The lowest BCUT2D eigenvalue weighted by atomic mass is 9.97. The van der Waals surface area contributed by atoms with Crippen LogP contribution in [0.4, 0.5) is 0 Å². The summed E-state index contributed by atoms with van der Waals surface area (Å²) in [5.41, 5.74) is 3.69. The van der Waals surface area contributed by atoms with Gasteiger partial charge >= 0.3 is 0 Å². The first kappa shape index (κ1) is 9.91. The van der Waals surface area contributed by atoms with E-state index < -0.39 is 0 Å². The molecule has 84 valence electrons. The largest absolute Gasteiger partial charge is 0.464 e. The SMILES string of the molecule is Cc1coc2c(CC3CCNC3)cccc12. The fraction of sp³-hybridized carbons (Fsp3) is 0.429. The van der Waals surface area contributed by atoms with Crippen LogP contribution in [0.25, 0.3) is 11.0 Å². The molecule has 0 aliphatic carbocycles. The molecule has 0 amide bonds. The van der Waals surface area contributed by atoms with Crippen LogP contribution in [0.3, 0.4) is 0 Å². The van der Waals surface area contributed by atoms with E-state index in [0.29, 0.717) is 0 Å². The predicted octanol–water partition coefficient (Wildman–Crippen LogP) is 2.89. The van der Waals surface area contributed by atoms with Crippen molar-refractivity contribution < 1.29 is 4.42 Å². The van der Waals surface area contributed by atoms with Crippen molar-refractivity contribution in [3.63, 3.8) is 0 Å². The maximum Gasteiger partial charge on any atom is 0.137 e. The molecule has 1 aliphatic heterocycles. The van der Waals surface area contributed by atoms with E-state index in [2.05, 4.69) is 30.4 Å². The van der Waals surface area contributed by atoms with Gasteiger partial charge in [-0.05, 0) is 49.9 Å². The van der Waals surface area contributed by atoms with Gasteiger partial charge in [0.25, 0.3) is 0 Å². The second-order valence-corrected chi connectivity index (χ2v) is 4.78. The van der Waals surface area contributed by atoms with Crippen LogP contribution in [0, 0.1) is 12.8 Å². The number of furan rings is 1. The Balaban J connectivity index is 1.96. The summed E-state index contributed by atoms with van der Waals surface area (Å²) in [6.45, 7) is 4.42. The average Bonchev–Trinajstić information content (AvgIpc) is 2.90. The Kier molecular flexibility index (Phi) is 2.44. The Labute approximate surface area is 95.6 Å². The standard InChI is InChI=1S/C14H17NO/c1-10-9-16-14-12(3-2-4-13(10)14)7-11-5-6-15-8-11/h2-4,9,11,15H,5-8H2,1H3. The Hall–Kier alpha value is -1.28. The van der Waals surface area contributed by atoms with E-state index in [4.69, 9.17) is 4.42 Å². The van der Waals surface area contributed by atoms with Crippen molar-refractivity contribution in [2.75, 3.05) is 13.1 Å². The second kappa shape index (κ2) is 3.95. The Morgan fingerprint density at radius 2 is 2.38 bits per heavy atom. The molecule has 0 bridgehead atoms. The first-order chi connectivity index (χ1) is 7.84. The van der Waals surface area contributed by atoms with Crippen molar-refractivity contribution in [3.05, 3.63) is 35.6 Å². The molecule has 3 rings (SSSR count). The minimum absolute atomic E-state index is 0.774. The summed E-state index contributed by atoms with van der Waals surface area (Å²) in [7, 11) is 0. The molecule has 1 aromatic heterocycles. The number of hydrogen-bond donors (Lipinski definition) is 1. The zero-order valence-corrected chi connectivity index (χ0v) is 9.62. The molecule has 2 heterocycles. The highest BCUT2D eigenvalue weighted by Crippen LogP contribution is 2.26. The molecule has 2 aromatic rings. The van der Waals surface area contributed by atoms with E-state index in [1.165, 1.54) is 22.9 Å². The molecule has 2 heteroatoms. The van der Waals surface area contributed by atoms with Gasteiger partial charge in [0, 0.05) is 5.39 Å². The summed E-state index contributed by atoms with van der Waals surface area (Å²) in [5, 5.41) is 4.68. The smallest absolute Gasteiger partial charge is 0.137 e. The van der Waals surface area contributed by atoms with Crippen molar-refractivity contribution in [2.45, 2.75) is 19.8 Å². The van der Waals surface area contributed by atoms with Crippen molar-refractivity contribution in [1.82, 2.24) is 5.32 Å². The van der Waals surface area contributed by atoms with Gasteiger partial charge in [-0.2, -0.15) is 0 Å². The van der Waals surface area contributed by atoms with E-state index in [0.717, 1.165) is 31.0 Å². The number of nitrogens with one attached hydrogen (secondary N) is 1. The first-order valence-corrected chi connectivity index (χ1v) is 6.01. The topological polar surface area (TPSA) is 25.2 Å². The zero-order valence-electron chi connectivity index (χ0n) is 9.62. The summed E-state index contributed by atoms with van der Waals surface area (Å²) in [6.07, 6.45) is 4.29. The molecule has 1 aromatic carbocycles. The molecule has 1 fully saturated rings. The van der Waals surface area contributed by atoms with Crippen LogP contribution in [0.1, 0.15) is 17.5 Å². The Morgan fingerprint density at radius 1 is 1.44 bits per heavy atom. The third-order valence-electron chi connectivity index (χ3n) is 3.55. The number of aryl methyl sites for hydroxylation is 1. The summed E-state index contributed by atoms with van der Waals surface area (Å²) in [5.74, 6) is 0.774. The summed E-state index contributed by atoms with van der Waals surface area (Å²) in [6, 6.07) is 6.48.